The van der Waals surface area contributed by atoms with E-state index in [1.54, 1.807) is 18.2 Å². The number of benzene rings is 2. The molecule has 0 radical (unpaired) electrons. The molecule has 0 atom stereocenters. The number of hydrogen-bond donors (Lipinski definition) is 1. The van der Waals surface area contributed by atoms with Crippen molar-refractivity contribution in [3.05, 3.63) is 59.7 Å². The minimum absolute atomic E-state index is 0.0610. The quantitative estimate of drug-likeness (QED) is 0.848. The Hall–Kier alpha value is -3.07. The van der Waals surface area contributed by atoms with Crippen LogP contribution >= 0.6 is 0 Å². The van der Waals surface area contributed by atoms with E-state index in [0.29, 0.717) is 5.56 Å². The van der Waals surface area contributed by atoms with E-state index in [0.717, 1.165) is 17.8 Å². The lowest BCUT2D eigenvalue weighted by molar-refractivity contribution is 0.0958. The van der Waals surface area contributed by atoms with Gasteiger partial charge < -0.3 is 15.0 Å². The van der Waals surface area contributed by atoms with E-state index < -0.39 is 11.6 Å². The van der Waals surface area contributed by atoms with Crippen LogP contribution in [0.2, 0.25) is 0 Å². The van der Waals surface area contributed by atoms with Crippen molar-refractivity contribution in [1.29, 1.82) is 0 Å². The Morgan fingerprint density at radius 2 is 1.96 bits per heavy atom. The third-order valence-electron chi connectivity index (χ3n) is 3.28. The summed E-state index contributed by atoms with van der Waals surface area (Å²) in [5.74, 6) is 3.61. The summed E-state index contributed by atoms with van der Waals surface area (Å²) < 4.78 is 31.2. The molecule has 4 nitrogen and oxygen atoms in total. The van der Waals surface area contributed by atoms with Gasteiger partial charge in [-0.2, -0.15) is 0 Å². The van der Waals surface area contributed by atoms with E-state index in [-0.39, 0.29) is 24.8 Å². The van der Waals surface area contributed by atoms with Crippen LogP contribution in [0.4, 0.5) is 14.5 Å². The number of nitrogens with zero attached hydrogens (tertiary/aromatic N) is 1. The van der Waals surface area contributed by atoms with Crippen molar-refractivity contribution in [2.45, 2.75) is 0 Å². The molecular weight excluding hydrogens is 326 g/mol. The Morgan fingerprint density at radius 3 is 2.68 bits per heavy atom. The third kappa shape index (κ3) is 5.50. The fourth-order valence-electron chi connectivity index (χ4n) is 1.97. The fourth-order valence-corrected chi connectivity index (χ4v) is 1.97. The second-order valence-corrected chi connectivity index (χ2v) is 5.34. The highest BCUT2D eigenvalue weighted by atomic mass is 19.1. The topological polar surface area (TPSA) is 41.6 Å². The monoisotopic (exact) mass is 344 g/mol. The number of amides is 1. The number of carbonyl (C=O) groups excluding carboxylic acids is 1. The van der Waals surface area contributed by atoms with E-state index in [2.05, 4.69) is 17.2 Å². The molecule has 130 valence electrons. The van der Waals surface area contributed by atoms with Crippen molar-refractivity contribution >= 4 is 11.6 Å². The number of nitrogens with one attached hydrogen (secondary N) is 1. The summed E-state index contributed by atoms with van der Waals surface area (Å²) >= 11 is 0. The minimum Gasteiger partial charge on any atom is -0.478 e. The Balaban J connectivity index is 1.80. The Bertz CT molecular complexity index is 811. The van der Waals surface area contributed by atoms with Crippen LogP contribution < -0.4 is 15.0 Å². The normalized spacial score (nSPS) is 9.76. The SMILES string of the molecule is CN(C)c1cccc(C(=O)NCC#CCOc2ccc(F)cc2F)c1. The van der Waals surface area contributed by atoms with Crippen LogP contribution in [0, 0.1) is 23.5 Å². The first-order valence-corrected chi connectivity index (χ1v) is 7.56. The highest BCUT2D eigenvalue weighted by Crippen LogP contribution is 2.17. The smallest absolute Gasteiger partial charge is 0.252 e. The zero-order chi connectivity index (χ0) is 18.2. The molecular formula is C19H18F2N2O2. The maximum absolute atomic E-state index is 13.3. The number of rotatable bonds is 5. The molecule has 0 spiro atoms. The standard InChI is InChI=1S/C19H18F2N2O2/c1-23(2)16-7-5-6-14(12-16)19(24)22-10-3-4-11-25-18-9-8-15(20)13-17(18)21/h5-9,12-13H,10-11H2,1-2H3,(H,22,24). The first-order valence-electron chi connectivity index (χ1n) is 7.56. The summed E-state index contributed by atoms with van der Waals surface area (Å²) in [6.45, 7) is 0.0782. The lowest BCUT2D eigenvalue weighted by atomic mass is 10.2. The van der Waals surface area contributed by atoms with Gasteiger partial charge in [0.05, 0.1) is 6.54 Å². The number of hydrogen-bond acceptors (Lipinski definition) is 3. The summed E-state index contributed by atoms with van der Waals surface area (Å²) in [6, 6.07) is 10.3. The highest BCUT2D eigenvalue weighted by molar-refractivity contribution is 5.95. The van der Waals surface area contributed by atoms with Crippen molar-refractivity contribution in [2.75, 3.05) is 32.1 Å². The second-order valence-electron chi connectivity index (χ2n) is 5.34. The van der Waals surface area contributed by atoms with Gasteiger partial charge in [-0.25, -0.2) is 8.78 Å². The van der Waals surface area contributed by atoms with Gasteiger partial charge >= 0.3 is 0 Å². The Kier molecular flexibility index (Phi) is 6.35. The molecule has 6 heteroatoms. The molecule has 0 aromatic heterocycles. The van der Waals surface area contributed by atoms with E-state index in [4.69, 9.17) is 4.74 Å². The first kappa shape index (κ1) is 18.3. The molecule has 1 N–H and O–H groups in total. The van der Waals surface area contributed by atoms with Crippen molar-refractivity contribution < 1.29 is 18.3 Å². The highest BCUT2D eigenvalue weighted by Gasteiger charge is 2.06. The van der Waals surface area contributed by atoms with Crippen LogP contribution in [0.15, 0.2) is 42.5 Å². The van der Waals surface area contributed by atoms with Crippen molar-refractivity contribution in [2.24, 2.45) is 0 Å². The average molecular weight is 344 g/mol. The third-order valence-corrected chi connectivity index (χ3v) is 3.28. The Morgan fingerprint density at radius 1 is 1.16 bits per heavy atom. The summed E-state index contributed by atoms with van der Waals surface area (Å²) in [5.41, 5.74) is 1.46. The van der Waals surface area contributed by atoms with Crippen molar-refractivity contribution in [3.8, 4) is 17.6 Å². The first-order chi connectivity index (χ1) is 12.0. The zero-order valence-corrected chi connectivity index (χ0v) is 14.0. The van der Waals surface area contributed by atoms with Gasteiger partial charge in [0.2, 0.25) is 0 Å². The van der Waals surface area contributed by atoms with Gasteiger partial charge in [-0.15, -0.1) is 0 Å². The molecule has 25 heavy (non-hydrogen) atoms. The van der Waals surface area contributed by atoms with Crippen LogP contribution in [-0.2, 0) is 0 Å². The van der Waals surface area contributed by atoms with Crippen LogP contribution in [0.3, 0.4) is 0 Å². The molecule has 2 aromatic carbocycles. The molecule has 1 amide bonds. The second kappa shape index (κ2) is 8.69. The molecule has 0 unspecified atom stereocenters. The predicted molar refractivity (Wildman–Crippen MR) is 92.7 cm³/mol. The lowest BCUT2D eigenvalue weighted by Crippen LogP contribution is -2.24. The maximum Gasteiger partial charge on any atom is 0.252 e. The van der Waals surface area contributed by atoms with Gasteiger partial charge in [0.15, 0.2) is 11.6 Å². The molecule has 0 aliphatic heterocycles. The van der Waals surface area contributed by atoms with Gasteiger partial charge in [0.1, 0.15) is 12.4 Å². The fraction of sp³-hybridized carbons (Fsp3) is 0.211. The van der Waals surface area contributed by atoms with E-state index in [1.807, 2.05) is 25.1 Å². The van der Waals surface area contributed by atoms with Gasteiger partial charge in [-0.1, -0.05) is 17.9 Å². The molecule has 0 heterocycles. The summed E-state index contributed by atoms with van der Waals surface area (Å²) in [4.78, 5) is 13.9. The summed E-state index contributed by atoms with van der Waals surface area (Å²) in [7, 11) is 3.79. The van der Waals surface area contributed by atoms with Gasteiger partial charge in [-0.05, 0) is 30.3 Å². The minimum atomic E-state index is -0.782. The zero-order valence-electron chi connectivity index (χ0n) is 14.0. The lowest BCUT2D eigenvalue weighted by Gasteiger charge is -2.13. The van der Waals surface area contributed by atoms with E-state index in [9.17, 15) is 13.6 Å². The molecule has 0 bridgehead atoms. The van der Waals surface area contributed by atoms with Crippen molar-refractivity contribution in [3.63, 3.8) is 0 Å². The molecule has 0 saturated carbocycles. The van der Waals surface area contributed by atoms with Gasteiger partial charge in [0.25, 0.3) is 5.91 Å². The molecule has 2 rings (SSSR count). The molecule has 2 aromatic rings. The average Bonchev–Trinajstić information content (AvgIpc) is 2.59. The van der Waals surface area contributed by atoms with E-state index >= 15 is 0 Å². The van der Waals surface area contributed by atoms with Crippen LogP contribution in [0.1, 0.15) is 10.4 Å². The van der Waals surface area contributed by atoms with Crippen LogP contribution in [0.25, 0.3) is 0 Å². The number of anilines is 1. The van der Waals surface area contributed by atoms with Crippen LogP contribution in [0.5, 0.6) is 5.75 Å². The summed E-state index contributed by atoms with van der Waals surface area (Å²) in [6.07, 6.45) is 0. The predicted octanol–water partition coefficient (Wildman–Crippen LogP) is 2.84. The molecule has 0 aliphatic carbocycles. The number of ether oxygens (including phenoxy) is 1. The van der Waals surface area contributed by atoms with E-state index in [1.165, 1.54) is 6.07 Å². The van der Waals surface area contributed by atoms with Crippen LogP contribution in [-0.4, -0.2) is 33.2 Å². The van der Waals surface area contributed by atoms with Crippen molar-refractivity contribution in [1.82, 2.24) is 5.32 Å². The number of carbonyl (C=O) groups is 1. The van der Waals surface area contributed by atoms with Gasteiger partial charge in [-0.3, -0.25) is 4.79 Å². The molecule has 0 saturated heterocycles. The Labute approximate surface area is 145 Å². The number of halogens is 2. The summed E-state index contributed by atoms with van der Waals surface area (Å²) in [5, 5.41) is 2.67. The molecule has 0 aliphatic rings. The maximum atomic E-state index is 13.3. The molecule has 0 fully saturated rings. The largest absolute Gasteiger partial charge is 0.478 e. The van der Waals surface area contributed by atoms with Gasteiger partial charge in [0, 0.05) is 31.4 Å².